The van der Waals surface area contributed by atoms with Crippen LogP contribution in [0.3, 0.4) is 0 Å². The fourth-order valence-electron chi connectivity index (χ4n) is 0.246. The van der Waals surface area contributed by atoms with Gasteiger partial charge in [0.05, 0.1) is 6.61 Å². The normalized spacial score (nSPS) is 7.20. The third kappa shape index (κ3) is 232. The summed E-state index contributed by atoms with van der Waals surface area (Å²) in [5, 5.41) is 14.8. The van der Waals surface area contributed by atoms with Crippen LogP contribution >= 0.6 is 0 Å². The molecule has 0 fully saturated rings. The maximum atomic E-state index is 9.98. The Morgan fingerprint density at radius 3 is 1.33 bits per heavy atom. The molecule has 0 spiro atoms. The number of aliphatic carboxylic acids is 2. The van der Waals surface area contributed by atoms with Gasteiger partial charge in [-0.05, 0) is 6.42 Å². The first-order valence-electron chi connectivity index (χ1n) is 4.26. The number of hydrogen-bond acceptors (Lipinski definition) is 4. The van der Waals surface area contributed by atoms with Gasteiger partial charge in [0.2, 0.25) is 0 Å². The minimum atomic E-state index is -0.833. The van der Waals surface area contributed by atoms with Crippen molar-refractivity contribution in [1.82, 2.24) is 0 Å². The molecular weight excluding hydrogens is 204 g/mol. The lowest BCUT2D eigenvalue weighted by Crippen LogP contribution is -1.98. The molecule has 0 aliphatic carbocycles. The molecule has 15 heavy (non-hydrogen) atoms. The minimum Gasteiger partial charge on any atom is -0.481 e. The molecule has 2 N–H and O–H groups in total. The Bertz CT molecular complexity index is 167. The number of hydrogen-bond donors (Lipinski definition) is 2. The lowest BCUT2D eigenvalue weighted by molar-refractivity contribution is -0.141. The lowest BCUT2D eigenvalue weighted by atomic mass is 10.5. The van der Waals surface area contributed by atoms with E-state index in [4.69, 9.17) is 19.8 Å². The molecule has 0 radical (unpaired) electrons. The summed E-state index contributed by atoms with van der Waals surface area (Å²) in [6, 6.07) is 0. The highest BCUT2D eigenvalue weighted by Gasteiger charge is 1.85. The van der Waals surface area contributed by atoms with Crippen LogP contribution in [0.25, 0.3) is 0 Å². The van der Waals surface area contributed by atoms with Gasteiger partial charge in [0, 0.05) is 20.8 Å². The van der Waals surface area contributed by atoms with E-state index in [1.165, 1.54) is 6.92 Å². The summed E-state index contributed by atoms with van der Waals surface area (Å²) in [6.07, 6.45) is 0.902. The van der Waals surface area contributed by atoms with E-state index in [0.29, 0.717) is 6.61 Å². The molecule has 0 rings (SSSR count). The second-order valence-corrected chi connectivity index (χ2v) is 2.38. The second kappa shape index (κ2) is 14.9. The van der Waals surface area contributed by atoms with Crippen LogP contribution in [-0.4, -0.2) is 34.7 Å². The average molecular weight is 222 g/mol. The summed E-state index contributed by atoms with van der Waals surface area (Å²) in [5.41, 5.74) is 0. The summed E-state index contributed by atoms with van der Waals surface area (Å²) < 4.78 is 4.55. The van der Waals surface area contributed by atoms with Gasteiger partial charge in [0.25, 0.3) is 11.9 Å². The Labute approximate surface area is 88.9 Å². The molecule has 0 heterocycles. The number of esters is 1. The maximum absolute atomic E-state index is 9.98. The molecule has 0 amide bonds. The van der Waals surface area contributed by atoms with Crippen molar-refractivity contribution in [2.45, 2.75) is 34.1 Å². The fourth-order valence-corrected chi connectivity index (χ4v) is 0.246. The number of carbonyl (C=O) groups excluding carboxylic acids is 1. The van der Waals surface area contributed by atoms with Crippen LogP contribution in [0, 0.1) is 0 Å². The van der Waals surface area contributed by atoms with Crippen LogP contribution < -0.4 is 0 Å². The van der Waals surface area contributed by atoms with Crippen LogP contribution in [-0.2, 0) is 19.1 Å². The van der Waals surface area contributed by atoms with Gasteiger partial charge in [-0.3, -0.25) is 14.4 Å². The Morgan fingerprint density at radius 1 is 1.00 bits per heavy atom. The Kier molecular flexibility index (Phi) is 18.9. The predicted octanol–water partition coefficient (Wildman–Crippen LogP) is 1.14. The van der Waals surface area contributed by atoms with E-state index in [9.17, 15) is 4.79 Å². The van der Waals surface area contributed by atoms with Crippen molar-refractivity contribution in [2.24, 2.45) is 0 Å². The molecule has 90 valence electrons. The van der Waals surface area contributed by atoms with Crippen LogP contribution in [0.4, 0.5) is 0 Å². The zero-order valence-corrected chi connectivity index (χ0v) is 9.44. The number of carboxylic acids is 2. The molecule has 0 aliphatic heterocycles. The lowest BCUT2D eigenvalue weighted by Gasteiger charge is -1.93. The maximum Gasteiger partial charge on any atom is 0.302 e. The first kappa shape index (κ1) is 19.1. The van der Waals surface area contributed by atoms with Gasteiger partial charge in [0.1, 0.15) is 0 Å². The van der Waals surface area contributed by atoms with Crippen molar-refractivity contribution in [3.8, 4) is 0 Å². The van der Waals surface area contributed by atoms with E-state index in [1.54, 1.807) is 0 Å². The highest BCUT2D eigenvalue weighted by atomic mass is 16.5. The molecule has 0 aromatic rings. The van der Waals surface area contributed by atoms with Crippen molar-refractivity contribution < 1.29 is 29.3 Å². The van der Waals surface area contributed by atoms with Crippen molar-refractivity contribution in [3.05, 3.63) is 0 Å². The SMILES string of the molecule is CC(=O)O.CC(=O)O.CCCOC(C)=O. The van der Waals surface area contributed by atoms with E-state index in [2.05, 4.69) is 4.74 Å². The van der Waals surface area contributed by atoms with Crippen LogP contribution in [0.15, 0.2) is 0 Å². The molecule has 0 aromatic heterocycles. The van der Waals surface area contributed by atoms with Gasteiger partial charge in [-0.2, -0.15) is 0 Å². The third-order valence-electron chi connectivity index (χ3n) is 0.509. The van der Waals surface area contributed by atoms with Gasteiger partial charge in [-0.25, -0.2) is 0 Å². The van der Waals surface area contributed by atoms with E-state index >= 15 is 0 Å². The zero-order chi connectivity index (χ0) is 12.9. The van der Waals surface area contributed by atoms with Crippen molar-refractivity contribution >= 4 is 17.9 Å². The van der Waals surface area contributed by atoms with E-state index in [-0.39, 0.29) is 5.97 Å². The summed E-state index contributed by atoms with van der Waals surface area (Å²) in [7, 11) is 0. The first-order chi connectivity index (χ1) is 6.73. The zero-order valence-electron chi connectivity index (χ0n) is 9.44. The van der Waals surface area contributed by atoms with Gasteiger partial charge in [-0.1, -0.05) is 6.92 Å². The Balaban J connectivity index is -0.000000155. The first-order valence-corrected chi connectivity index (χ1v) is 4.26. The average Bonchev–Trinajstić information content (AvgIpc) is 1.98. The van der Waals surface area contributed by atoms with Crippen molar-refractivity contribution in [2.75, 3.05) is 6.61 Å². The van der Waals surface area contributed by atoms with Crippen LogP contribution in [0.2, 0.25) is 0 Å². The van der Waals surface area contributed by atoms with Gasteiger partial charge in [0.15, 0.2) is 0 Å². The van der Waals surface area contributed by atoms with Gasteiger partial charge < -0.3 is 14.9 Å². The highest BCUT2D eigenvalue weighted by Crippen LogP contribution is 1.78. The molecule has 0 saturated carbocycles. The molecule has 0 unspecified atom stereocenters. The fraction of sp³-hybridized carbons (Fsp3) is 0.667. The van der Waals surface area contributed by atoms with Crippen LogP contribution in [0.5, 0.6) is 0 Å². The smallest absolute Gasteiger partial charge is 0.302 e. The second-order valence-electron chi connectivity index (χ2n) is 2.38. The number of carbonyl (C=O) groups is 3. The third-order valence-corrected chi connectivity index (χ3v) is 0.509. The summed E-state index contributed by atoms with van der Waals surface area (Å²) in [6.45, 7) is 6.09. The highest BCUT2D eigenvalue weighted by molar-refractivity contribution is 5.65. The van der Waals surface area contributed by atoms with E-state index in [1.807, 2.05) is 6.92 Å². The number of carboxylic acid groups (broad SMARTS) is 2. The molecule has 0 saturated heterocycles. The van der Waals surface area contributed by atoms with Gasteiger partial charge in [-0.15, -0.1) is 0 Å². The van der Waals surface area contributed by atoms with Gasteiger partial charge >= 0.3 is 5.97 Å². The monoisotopic (exact) mass is 222 g/mol. The summed E-state index contributed by atoms with van der Waals surface area (Å²) in [5.74, 6) is -1.86. The predicted molar refractivity (Wildman–Crippen MR) is 53.5 cm³/mol. The largest absolute Gasteiger partial charge is 0.481 e. The van der Waals surface area contributed by atoms with Crippen molar-refractivity contribution in [3.63, 3.8) is 0 Å². The minimum absolute atomic E-state index is 0.193. The standard InChI is InChI=1S/C5H10O2.2C2H4O2/c1-3-4-7-5(2)6;2*1-2(3)4/h3-4H2,1-2H3;2*1H3,(H,3,4). The molecule has 6 nitrogen and oxygen atoms in total. The molecule has 0 atom stereocenters. The Hall–Kier alpha value is -1.59. The van der Waals surface area contributed by atoms with E-state index < -0.39 is 11.9 Å². The molecular formula is C9H18O6. The van der Waals surface area contributed by atoms with E-state index in [0.717, 1.165) is 20.3 Å². The molecule has 0 bridgehead atoms. The van der Waals surface area contributed by atoms with Crippen molar-refractivity contribution in [1.29, 1.82) is 0 Å². The molecule has 0 aliphatic rings. The Morgan fingerprint density at radius 2 is 1.27 bits per heavy atom. The molecule has 6 heteroatoms. The molecule has 0 aromatic carbocycles. The number of rotatable bonds is 2. The summed E-state index contributed by atoms with van der Waals surface area (Å²) in [4.78, 5) is 28.0. The summed E-state index contributed by atoms with van der Waals surface area (Å²) >= 11 is 0. The quantitative estimate of drug-likeness (QED) is 0.679. The van der Waals surface area contributed by atoms with Crippen LogP contribution in [0.1, 0.15) is 34.1 Å². The number of ether oxygens (including phenoxy) is 1. The topological polar surface area (TPSA) is 101 Å².